The molecule has 0 N–H and O–H groups in total. The Balaban J connectivity index is 1.40. The molecule has 0 nitrogen and oxygen atoms in total. The van der Waals surface area contributed by atoms with Crippen LogP contribution in [0.4, 0.5) is 0 Å². The van der Waals surface area contributed by atoms with Crippen LogP contribution >= 0.6 is 0 Å². The maximum atomic E-state index is 2.57. The SMILES string of the molecule is c1ccc(Cc2cccc3c2C2(c4ccccc4-3)c3ccccc3-c3c2cc2c4c(cccc34)-c3ccccc3-2)cc1. The highest BCUT2D eigenvalue weighted by molar-refractivity contribution is 6.21. The van der Waals surface area contributed by atoms with E-state index in [1.807, 2.05) is 0 Å². The second kappa shape index (κ2) is 7.96. The smallest absolute Gasteiger partial charge is 0.0622 e. The first-order chi connectivity index (χ1) is 20.9. The van der Waals surface area contributed by atoms with Gasteiger partial charge in [-0.2, -0.15) is 0 Å². The molecule has 0 heteroatoms. The van der Waals surface area contributed by atoms with Gasteiger partial charge in [0.05, 0.1) is 5.41 Å². The first-order valence-electron chi connectivity index (χ1n) is 14.9. The van der Waals surface area contributed by atoms with Crippen LogP contribution < -0.4 is 0 Å². The van der Waals surface area contributed by atoms with Gasteiger partial charge in [-0.3, -0.25) is 0 Å². The molecule has 0 aliphatic heterocycles. The van der Waals surface area contributed by atoms with Gasteiger partial charge in [0.1, 0.15) is 0 Å². The van der Waals surface area contributed by atoms with Crippen molar-refractivity contribution in [2.75, 3.05) is 0 Å². The predicted octanol–water partition coefficient (Wildman–Crippen LogP) is 10.4. The summed E-state index contributed by atoms with van der Waals surface area (Å²) in [4.78, 5) is 0. The largest absolute Gasteiger partial charge is 0.0728 e. The molecular weight excluding hydrogens is 504 g/mol. The zero-order valence-corrected chi connectivity index (χ0v) is 23.1. The van der Waals surface area contributed by atoms with Gasteiger partial charge in [0.2, 0.25) is 0 Å². The van der Waals surface area contributed by atoms with Gasteiger partial charge < -0.3 is 0 Å². The molecule has 0 radical (unpaired) electrons. The number of hydrogen-bond acceptors (Lipinski definition) is 0. The van der Waals surface area contributed by atoms with Crippen LogP contribution in [0, 0.1) is 0 Å². The van der Waals surface area contributed by atoms with Crippen LogP contribution in [-0.4, -0.2) is 0 Å². The van der Waals surface area contributed by atoms with E-state index in [0.717, 1.165) is 6.42 Å². The third-order valence-corrected chi connectivity index (χ3v) is 10.1. The fourth-order valence-corrected chi connectivity index (χ4v) is 8.60. The summed E-state index contributed by atoms with van der Waals surface area (Å²) in [6.45, 7) is 0. The molecule has 0 amide bonds. The predicted molar refractivity (Wildman–Crippen MR) is 174 cm³/mol. The molecule has 1 spiro atoms. The molecule has 0 fully saturated rings. The molecule has 0 heterocycles. The standard InChI is InChI=1S/C42H26/c1-2-12-26(13-3-1)24-27-14-10-20-32-30-17-6-8-22-36(30)42(41(27)32)37-23-9-7-18-33(37)40-34-21-11-19-31-28-15-4-5-16-29(28)35(39(31)34)25-38(40)42/h1-23,25H,24H2. The summed E-state index contributed by atoms with van der Waals surface area (Å²) in [5, 5.41) is 2.76. The summed E-state index contributed by atoms with van der Waals surface area (Å²) in [7, 11) is 0. The zero-order chi connectivity index (χ0) is 27.4. The Kier molecular flexibility index (Phi) is 4.26. The average molecular weight is 531 g/mol. The Morgan fingerprint density at radius 1 is 0.405 bits per heavy atom. The summed E-state index contributed by atoms with van der Waals surface area (Å²) in [5.74, 6) is 0. The van der Waals surface area contributed by atoms with Crippen molar-refractivity contribution in [1.82, 2.24) is 0 Å². The lowest BCUT2D eigenvalue weighted by atomic mass is 9.68. The second-order valence-corrected chi connectivity index (χ2v) is 12.0. The minimum atomic E-state index is -0.374. The van der Waals surface area contributed by atoms with Crippen LogP contribution in [0.15, 0.2) is 146 Å². The molecule has 1 unspecified atom stereocenters. The van der Waals surface area contributed by atoms with Crippen LogP contribution in [0.1, 0.15) is 33.4 Å². The van der Waals surface area contributed by atoms with Crippen LogP contribution in [0.2, 0.25) is 0 Å². The van der Waals surface area contributed by atoms with E-state index in [1.165, 1.54) is 88.7 Å². The highest BCUT2D eigenvalue weighted by Gasteiger charge is 2.53. The van der Waals surface area contributed by atoms with E-state index in [4.69, 9.17) is 0 Å². The van der Waals surface area contributed by atoms with Crippen molar-refractivity contribution in [1.29, 1.82) is 0 Å². The minimum absolute atomic E-state index is 0.374. The fourth-order valence-electron chi connectivity index (χ4n) is 8.60. The van der Waals surface area contributed by atoms with Crippen molar-refractivity contribution in [2.24, 2.45) is 0 Å². The van der Waals surface area contributed by atoms with Gasteiger partial charge in [-0.15, -0.1) is 0 Å². The highest BCUT2D eigenvalue weighted by Crippen LogP contribution is 2.66. The van der Waals surface area contributed by atoms with Gasteiger partial charge in [0.15, 0.2) is 0 Å². The Morgan fingerprint density at radius 2 is 1.00 bits per heavy atom. The molecular formula is C42H26. The molecule has 10 rings (SSSR count). The van der Waals surface area contributed by atoms with Crippen molar-refractivity contribution in [3.8, 4) is 44.5 Å². The van der Waals surface area contributed by atoms with Gasteiger partial charge in [-0.25, -0.2) is 0 Å². The maximum Gasteiger partial charge on any atom is 0.0728 e. The molecule has 194 valence electrons. The van der Waals surface area contributed by atoms with Gasteiger partial charge in [-0.1, -0.05) is 140 Å². The number of benzene rings is 7. The molecule has 7 aromatic carbocycles. The first-order valence-corrected chi connectivity index (χ1v) is 14.9. The number of fused-ring (bicyclic) bond motifs is 14. The summed E-state index contributed by atoms with van der Waals surface area (Å²) >= 11 is 0. The average Bonchev–Trinajstić information content (AvgIpc) is 3.65. The first kappa shape index (κ1) is 22.5. The van der Waals surface area contributed by atoms with Crippen LogP contribution in [0.25, 0.3) is 55.3 Å². The number of hydrogen-bond donors (Lipinski definition) is 0. The van der Waals surface area contributed by atoms with E-state index >= 15 is 0 Å². The van der Waals surface area contributed by atoms with E-state index in [1.54, 1.807) is 0 Å². The lowest BCUT2D eigenvalue weighted by molar-refractivity contribution is 0.782. The molecule has 3 aliphatic rings. The Bertz CT molecular complexity index is 2270. The van der Waals surface area contributed by atoms with E-state index in [0.29, 0.717) is 0 Å². The molecule has 3 aliphatic carbocycles. The van der Waals surface area contributed by atoms with E-state index in [9.17, 15) is 0 Å². The van der Waals surface area contributed by atoms with Gasteiger partial charge in [0.25, 0.3) is 0 Å². The summed E-state index contributed by atoms with van der Waals surface area (Å²) in [5.41, 5.74) is 19.0. The molecule has 42 heavy (non-hydrogen) atoms. The third-order valence-electron chi connectivity index (χ3n) is 10.1. The van der Waals surface area contributed by atoms with Crippen molar-refractivity contribution >= 4 is 10.8 Å². The van der Waals surface area contributed by atoms with Crippen molar-refractivity contribution < 1.29 is 0 Å². The summed E-state index contributed by atoms with van der Waals surface area (Å²) in [6.07, 6.45) is 0.907. The highest BCUT2D eigenvalue weighted by atomic mass is 14.5. The molecule has 1 atom stereocenters. The van der Waals surface area contributed by atoms with Gasteiger partial charge >= 0.3 is 0 Å². The molecule has 0 saturated heterocycles. The van der Waals surface area contributed by atoms with Crippen molar-refractivity contribution in [3.63, 3.8) is 0 Å². The van der Waals surface area contributed by atoms with Gasteiger partial charge in [0, 0.05) is 0 Å². The third kappa shape index (κ3) is 2.59. The lowest BCUT2D eigenvalue weighted by Gasteiger charge is -2.32. The minimum Gasteiger partial charge on any atom is -0.0622 e. The topological polar surface area (TPSA) is 0 Å². The quantitative estimate of drug-likeness (QED) is 0.209. The summed E-state index contributed by atoms with van der Waals surface area (Å²) < 4.78 is 0. The number of rotatable bonds is 2. The molecule has 7 aromatic rings. The zero-order valence-electron chi connectivity index (χ0n) is 23.1. The van der Waals surface area contributed by atoms with Crippen molar-refractivity contribution in [2.45, 2.75) is 11.8 Å². The normalized spacial score (nSPS) is 16.3. The monoisotopic (exact) mass is 530 g/mol. The molecule has 0 bridgehead atoms. The van der Waals surface area contributed by atoms with E-state index < -0.39 is 0 Å². The van der Waals surface area contributed by atoms with Crippen LogP contribution in [0.3, 0.4) is 0 Å². The van der Waals surface area contributed by atoms with E-state index in [-0.39, 0.29) is 5.41 Å². The van der Waals surface area contributed by atoms with Crippen molar-refractivity contribution in [3.05, 3.63) is 179 Å². The lowest BCUT2D eigenvalue weighted by Crippen LogP contribution is -2.27. The Morgan fingerprint density at radius 3 is 1.81 bits per heavy atom. The second-order valence-electron chi connectivity index (χ2n) is 12.0. The molecule has 0 aromatic heterocycles. The van der Waals surface area contributed by atoms with E-state index in [2.05, 4.69) is 146 Å². The van der Waals surface area contributed by atoms with Gasteiger partial charge in [-0.05, 0) is 101 Å². The maximum absolute atomic E-state index is 2.57. The van der Waals surface area contributed by atoms with Crippen LogP contribution in [0.5, 0.6) is 0 Å². The summed E-state index contributed by atoms with van der Waals surface area (Å²) in [6, 6.07) is 54.8. The Hall–Kier alpha value is -5.20. The molecule has 0 saturated carbocycles. The fraction of sp³-hybridized carbons (Fsp3) is 0.0476. The van der Waals surface area contributed by atoms with Crippen LogP contribution in [-0.2, 0) is 11.8 Å². The Labute approximate surface area is 245 Å².